The largest absolute Gasteiger partial charge is 0.496 e. The average Bonchev–Trinajstić information content (AvgIpc) is 2.41. The number of piperidine rings is 1. The van der Waals surface area contributed by atoms with Crippen LogP contribution in [0.3, 0.4) is 0 Å². The summed E-state index contributed by atoms with van der Waals surface area (Å²) >= 11 is 0. The highest BCUT2D eigenvalue weighted by atomic mass is 16.6. The van der Waals surface area contributed by atoms with Crippen LogP contribution >= 0.6 is 0 Å². The van der Waals surface area contributed by atoms with Crippen LogP contribution in [0.5, 0.6) is 5.75 Å². The number of nitrogens with one attached hydrogen (secondary N) is 1. The monoisotopic (exact) mass is 266 g/mol. The van der Waals surface area contributed by atoms with Crippen molar-refractivity contribution in [1.82, 2.24) is 5.32 Å². The number of hydrogen-bond donors (Lipinski definition) is 2. The molecule has 104 valence electrons. The number of non-ortho nitro benzene ring substituents is 1. The molecule has 2 rings (SSSR count). The summed E-state index contributed by atoms with van der Waals surface area (Å²) in [5.41, 5.74) is 0.818. The number of ether oxygens (including phenoxy) is 1. The molecule has 6 nitrogen and oxygen atoms in total. The molecule has 0 bridgehead atoms. The van der Waals surface area contributed by atoms with Crippen molar-refractivity contribution in [1.29, 1.82) is 0 Å². The van der Waals surface area contributed by atoms with Crippen LogP contribution in [-0.4, -0.2) is 36.3 Å². The topological polar surface area (TPSA) is 84.6 Å². The van der Waals surface area contributed by atoms with Crippen LogP contribution in [0.2, 0.25) is 0 Å². The molecule has 2 N–H and O–H groups in total. The molecule has 0 radical (unpaired) electrons. The van der Waals surface area contributed by atoms with Crippen LogP contribution in [0.25, 0.3) is 0 Å². The smallest absolute Gasteiger partial charge is 0.269 e. The highest BCUT2D eigenvalue weighted by molar-refractivity contribution is 5.44. The first-order chi connectivity index (χ1) is 9.11. The molecule has 2 atom stereocenters. The lowest BCUT2D eigenvalue weighted by atomic mass is 9.89. The van der Waals surface area contributed by atoms with Crippen LogP contribution < -0.4 is 10.1 Å². The van der Waals surface area contributed by atoms with Gasteiger partial charge >= 0.3 is 0 Å². The van der Waals surface area contributed by atoms with Crippen LogP contribution in [0.4, 0.5) is 5.69 Å². The first kappa shape index (κ1) is 13.8. The van der Waals surface area contributed by atoms with Crippen LogP contribution in [0, 0.1) is 16.0 Å². The lowest BCUT2D eigenvalue weighted by Crippen LogP contribution is -2.40. The highest BCUT2D eigenvalue weighted by Gasteiger charge is 2.25. The summed E-state index contributed by atoms with van der Waals surface area (Å²) in [6.07, 6.45) is 0.909. The minimum Gasteiger partial charge on any atom is -0.496 e. The predicted octanol–water partition coefficient (Wildman–Crippen LogP) is 1.12. The summed E-state index contributed by atoms with van der Waals surface area (Å²) < 4.78 is 5.23. The molecule has 6 heteroatoms. The van der Waals surface area contributed by atoms with E-state index in [1.165, 1.54) is 12.1 Å². The first-order valence-electron chi connectivity index (χ1n) is 6.32. The summed E-state index contributed by atoms with van der Waals surface area (Å²) in [5, 5.41) is 24.0. The minimum absolute atomic E-state index is 0.0501. The van der Waals surface area contributed by atoms with Gasteiger partial charge < -0.3 is 15.2 Å². The Morgan fingerprint density at radius 1 is 1.58 bits per heavy atom. The Labute approximate surface area is 111 Å². The van der Waals surface area contributed by atoms with Gasteiger partial charge in [-0.25, -0.2) is 0 Å². The number of aliphatic hydroxyl groups excluding tert-OH is 1. The van der Waals surface area contributed by atoms with Crippen molar-refractivity contribution in [2.24, 2.45) is 5.92 Å². The van der Waals surface area contributed by atoms with Gasteiger partial charge in [0.15, 0.2) is 0 Å². The fraction of sp³-hybridized carbons (Fsp3) is 0.538. The Hall–Kier alpha value is -1.66. The van der Waals surface area contributed by atoms with E-state index in [1.54, 1.807) is 13.2 Å². The maximum atomic E-state index is 10.8. The maximum Gasteiger partial charge on any atom is 0.269 e. The molecule has 1 saturated heterocycles. The molecule has 1 fully saturated rings. The fourth-order valence-corrected chi connectivity index (χ4v) is 2.44. The minimum atomic E-state index is -0.418. The normalized spacial score (nSPS) is 23.1. The lowest BCUT2D eigenvalue weighted by molar-refractivity contribution is -0.384. The van der Waals surface area contributed by atoms with E-state index in [4.69, 9.17) is 4.74 Å². The third kappa shape index (κ3) is 3.21. The third-order valence-corrected chi connectivity index (χ3v) is 3.52. The first-order valence-corrected chi connectivity index (χ1v) is 6.32. The van der Waals surface area contributed by atoms with Gasteiger partial charge in [0.1, 0.15) is 5.75 Å². The molecule has 1 aromatic rings. The summed E-state index contributed by atoms with van der Waals surface area (Å²) in [7, 11) is 1.54. The number of aliphatic hydroxyl groups is 1. The van der Waals surface area contributed by atoms with E-state index >= 15 is 0 Å². The summed E-state index contributed by atoms with van der Waals surface area (Å²) in [6, 6.07) is 4.56. The molecule has 0 amide bonds. The number of hydrogen-bond acceptors (Lipinski definition) is 5. The highest BCUT2D eigenvalue weighted by Crippen LogP contribution is 2.28. The zero-order valence-corrected chi connectivity index (χ0v) is 10.8. The standard InChI is InChI=1S/C13H18N2O4/c1-19-13-3-2-11(15(17)18)7-9(13)6-10-8-14-5-4-12(10)16/h2-3,7,10,12,14,16H,4-6,8H2,1H3. The van der Waals surface area contributed by atoms with Gasteiger partial charge in [0, 0.05) is 30.2 Å². The third-order valence-electron chi connectivity index (χ3n) is 3.52. The van der Waals surface area contributed by atoms with Crippen LogP contribution in [-0.2, 0) is 6.42 Å². The summed E-state index contributed by atoms with van der Waals surface area (Å²) in [5.74, 6) is 0.688. The number of benzene rings is 1. The number of methoxy groups -OCH3 is 1. The molecule has 1 aliphatic rings. The van der Waals surface area contributed by atoms with Crippen molar-refractivity contribution in [2.75, 3.05) is 20.2 Å². The van der Waals surface area contributed by atoms with Gasteiger partial charge in [0.25, 0.3) is 5.69 Å². The van der Waals surface area contributed by atoms with Crippen molar-refractivity contribution < 1.29 is 14.8 Å². The quantitative estimate of drug-likeness (QED) is 0.630. The number of nitrogens with zero attached hydrogens (tertiary/aromatic N) is 1. The number of nitro benzene ring substituents is 1. The van der Waals surface area contributed by atoms with Crippen LogP contribution in [0.1, 0.15) is 12.0 Å². The molecule has 2 unspecified atom stereocenters. The second kappa shape index (κ2) is 5.99. The Morgan fingerprint density at radius 2 is 2.37 bits per heavy atom. The van der Waals surface area contributed by atoms with Gasteiger partial charge in [-0.2, -0.15) is 0 Å². The molecular formula is C13H18N2O4. The van der Waals surface area contributed by atoms with Crippen LogP contribution in [0.15, 0.2) is 18.2 Å². The van der Waals surface area contributed by atoms with Crippen molar-refractivity contribution in [3.05, 3.63) is 33.9 Å². The Bertz CT molecular complexity index is 464. The molecule has 0 aliphatic carbocycles. The van der Waals surface area contributed by atoms with E-state index in [9.17, 15) is 15.2 Å². The summed E-state index contributed by atoms with van der Waals surface area (Å²) in [6.45, 7) is 1.52. The van der Waals surface area contributed by atoms with E-state index in [0.717, 1.165) is 12.1 Å². The maximum absolute atomic E-state index is 10.8. The van der Waals surface area contributed by atoms with E-state index < -0.39 is 4.92 Å². The van der Waals surface area contributed by atoms with Gasteiger partial charge in [0.05, 0.1) is 18.1 Å². The van der Waals surface area contributed by atoms with Crippen molar-refractivity contribution in [2.45, 2.75) is 18.9 Å². The fourth-order valence-electron chi connectivity index (χ4n) is 2.44. The van der Waals surface area contributed by atoms with Gasteiger partial charge in [-0.1, -0.05) is 0 Å². The number of nitro groups is 1. The molecular weight excluding hydrogens is 248 g/mol. The summed E-state index contributed by atoms with van der Waals surface area (Å²) in [4.78, 5) is 10.4. The van der Waals surface area contributed by atoms with E-state index in [1.807, 2.05) is 0 Å². The Morgan fingerprint density at radius 3 is 3.00 bits per heavy atom. The second-order valence-electron chi connectivity index (χ2n) is 4.78. The molecule has 1 heterocycles. The van der Waals surface area contributed by atoms with E-state index in [-0.39, 0.29) is 17.7 Å². The van der Waals surface area contributed by atoms with Gasteiger partial charge in [-0.3, -0.25) is 10.1 Å². The predicted molar refractivity (Wildman–Crippen MR) is 70.3 cm³/mol. The van der Waals surface area contributed by atoms with E-state index in [0.29, 0.717) is 25.1 Å². The number of rotatable bonds is 4. The van der Waals surface area contributed by atoms with Gasteiger partial charge in [0.2, 0.25) is 0 Å². The zero-order valence-electron chi connectivity index (χ0n) is 10.8. The lowest BCUT2D eigenvalue weighted by Gasteiger charge is -2.28. The average molecular weight is 266 g/mol. The molecule has 0 spiro atoms. The Kier molecular flexibility index (Phi) is 4.34. The van der Waals surface area contributed by atoms with Crippen molar-refractivity contribution in [3.8, 4) is 5.75 Å². The van der Waals surface area contributed by atoms with E-state index in [2.05, 4.69) is 5.32 Å². The van der Waals surface area contributed by atoms with Gasteiger partial charge in [-0.05, 0) is 25.5 Å². The van der Waals surface area contributed by atoms with Crippen molar-refractivity contribution in [3.63, 3.8) is 0 Å². The second-order valence-corrected chi connectivity index (χ2v) is 4.78. The Balaban J connectivity index is 2.21. The molecule has 1 aromatic carbocycles. The molecule has 0 saturated carbocycles. The van der Waals surface area contributed by atoms with Gasteiger partial charge in [-0.15, -0.1) is 0 Å². The zero-order chi connectivity index (χ0) is 13.8. The molecule has 1 aliphatic heterocycles. The molecule has 19 heavy (non-hydrogen) atoms. The SMILES string of the molecule is COc1ccc([N+](=O)[O-])cc1CC1CNCCC1O. The molecule has 0 aromatic heterocycles. The van der Waals surface area contributed by atoms with Crippen molar-refractivity contribution >= 4 is 5.69 Å².